The topological polar surface area (TPSA) is 89.1 Å². The minimum Gasteiger partial charge on any atom is -0.368 e. The van der Waals surface area contributed by atoms with Crippen LogP contribution < -0.4 is 11.3 Å². The molecule has 0 unspecified atom stereocenters. The summed E-state index contributed by atoms with van der Waals surface area (Å²) in [7, 11) is 0. The summed E-state index contributed by atoms with van der Waals surface area (Å²) >= 11 is 0. The molecule has 0 atom stereocenters. The highest BCUT2D eigenvalue weighted by molar-refractivity contribution is 5.34. The minimum absolute atomic E-state index is 0.173. The molecule has 0 amide bonds. The molecule has 3 N–H and O–H groups in total. The van der Waals surface area contributed by atoms with E-state index in [2.05, 4.69) is 28.9 Å². The fourth-order valence-electron chi connectivity index (χ4n) is 1.51. The summed E-state index contributed by atoms with van der Waals surface area (Å²) in [6.45, 7) is 4.27. The summed E-state index contributed by atoms with van der Waals surface area (Å²) in [5.41, 5.74) is 6.06. The number of aromatic nitrogens is 4. The molecule has 16 heavy (non-hydrogen) atoms. The number of H-pyrrole nitrogens is 1. The average molecular weight is 221 g/mol. The molecule has 2 aromatic rings. The molecule has 0 aliphatic heterocycles. The Morgan fingerprint density at radius 1 is 1.50 bits per heavy atom. The van der Waals surface area contributed by atoms with Gasteiger partial charge in [0.15, 0.2) is 0 Å². The van der Waals surface area contributed by atoms with E-state index < -0.39 is 0 Å². The lowest BCUT2D eigenvalue weighted by Gasteiger charge is -2.03. The fourth-order valence-corrected chi connectivity index (χ4v) is 1.51. The predicted octanol–water partition coefficient (Wildman–Crippen LogP) is 0.588. The first-order valence-electron chi connectivity index (χ1n) is 5.30. The van der Waals surface area contributed by atoms with Gasteiger partial charge in [-0.2, -0.15) is 9.50 Å². The number of hydrogen-bond acceptors (Lipinski definition) is 4. The van der Waals surface area contributed by atoms with E-state index in [1.54, 1.807) is 0 Å². The number of aromatic amines is 1. The van der Waals surface area contributed by atoms with Crippen molar-refractivity contribution >= 4 is 11.7 Å². The van der Waals surface area contributed by atoms with Gasteiger partial charge in [0, 0.05) is 6.07 Å². The number of anilines is 1. The fraction of sp³-hybridized carbons (Fsp3) is 0.500. The molecule has 6 nitrogen and oxygen atoms in total. The summed E-state index contributed by atoms with van der Waals surface area (Å²) in [5.74, 6) is 1.12. The number of fused-ring (bicyclic) bond motifs is 1. The van der Waals surface area contributed by atoms with E-state index >= 15 is 0 Å². The highest BCUT2D eigenvalue weighted by atomic mass is 16.1. The zero-order valence-electron chi connectivity index (χ0n) is 9.40. The summed E-state index contributed by atoms with van der Waals surface area (Å²) in [5, 5.41) is 2.63. The Balaban J connectivity index is 2.38. The van der Waals surface area contributed by atoms with Crippen molar-refractivity contribution in [3.05, 3.63) is 22.1 Å². The standard InChI is InChI=1S/C10H15N5O/c1-6(2)3-4-7-5-8(16)15-10(12-7)13-9(11)14-15/h5-6H,3-4H2,1-2H3,(H3,11,12,13,14). The van der Waals surface area contributed by atoms with Crippen molar-refractivity contribution in [2.75, 3.05) is 5.73 Å². The van der Waals surface area contributed by atoms with Crippen LogP contribution in [0.1, 0.15) is 26.0 Å². The molecule has 2 heterocycles. The number of nitrogens with zero attached hydrogens (tertiary/aromatic N) is 3. The largest absolute Gasteiger partial charge is 0.368 e. The van der Waals surface area contributed by atoms with Crippen LogP contribution in [0.3, 0.4) is 0 Å². The molecule has 2 aromatic heterocycles. The number of nitrogen functional groups attached to an aromatic ring is 1. The quantitative estimate of drug-likeness (QED) is 0.793. The summed E-state index contributed by atoms with van der Waals surface area (Å²) in [6, 6.07) is 1.52. The maximum atomic E-state index is 11.7. The number of nitrogens with two attached hydrogens (primary N) is 1. The number of rotatable bonds is 3. The molecule has 0 bridgehead atoms. The van der Waals surface area contributed by atoms with Crippen LogP contribution in [0.2, 0.25) is 0 Å². The third-order valence-electron chi connectivity index (χ3n) is 2.38. The molecule has 86 valence electrons. The third kappa shape index (κ3) is 2.05. The second-order valence-electron chi connectivity index (χ2n) is 4.26. The molecule has 0 spiro atoms. The zero-order chi connectivity index (χ0) is 11.7. The first kappa shape index (κ1) is 10.7. The SMILES string of the molecule is CC(C)CCc1cc(=O)n2[nH]c(N)nc2n1. The van der Waals surface area contributed by atoms with E-state index in [-0.39, 0.29) is 11.5 Å². The predicted molar refractivity (Wildman–Crippen MR) is 61.2 cm³/mol. The van der Waals surface area contributed by atoms with Gasteiger partial charge in [0.2, 0.25) is 5.95 Å². The van der Waals surface area contributed by atoms with Crippen LogP contribution in [-0.4, -0.2) is 19.6 Å². The summed E-state index contributed by atoms with van der Waals surface area (Å²) < 4.78 is 1.24. The number of aryl methyl sites for hydroxylation is 1. The first-order chi connectivity index (χ1) is 7.56. The van der Waals surface area contributed by atoms with Gasteiger partial charge in [-0.25, -0.2) is 4.98 Å². The van der Waals surface area contributed by atoms with Crippen molar-refractivity contribution in [1.29, 1.82) is 0 Å². The van der Waals surface area contributed by atoms with Gasteiger partial charge in [-0.1, -0.05) is 13.8 Å². The molecule has 0 aliphatic carbocycles. The zero-order valence-corrected chi connectivity index (χ0v) is 9.40. The molecular weight excluding hydrogens is 206 g/mol. The first-order valence-corrected chi connectivity index (χ1v) is 5.30. The molecule has 0 radical (unpaired) electrons. The normalized spacial score (nSPS) is 11.4. The maximum Gasteiger partial charge on any atom is 0.274 e. The number of nitrogens with one attached hydrogen (secondary N) is 1. The van der Waals surface area contributed by atoms with Gasteiger partial charge in [-0.3, -0.25) is 9.89 Å². The minimum atomic E-state index is -0.173. The monoisotopic (exact) mass is 221 g/mol. The van der Waals surface area contributed by atoms with E-state index in [4.69, 9.17) is 5.73 Å². The van der Waals surface area contributed by atoms with Gasteiger partial charge in [0.1, 0.15) is 0 Å². The van der Waals surface area contributed by atoms with Crippen molar-refractivity contribution in [3.8, 4) is 0 Å². The van der Waals surface area contributed by atoms with E-state index in [0.717, 1.165) is 18.5 Å². The van der Waals surface area contributed by atoms with Crippen LogP contribution >= 0.6 is 0 Å². The molecule has 0 saturated carbocycles. The van der Waals surface area contributed by atoms with E-state index in [1.807, 2.05) is 0 Å². The van der Waals surface area contributed by atoms with Crippen molar-refractivity contribution in [3.63, 3.8) is 0 Å². The van der Waals surface area contributed by atoms with Crippen molar-refractivity contribution in [2.45, 2.75) is 26.7 Å². The van der Waals surface area contributed by atoms with Crippen molar-refractivity contribution in [2.24, 2.45) is 5.92 Å². The lowest BCUT2D eigenvalue weighted by Crippen LogP contribution is -2.16. The Bertz CT molecular complexity index is 554. The van der Waals surface area contributed by atoms with Crippen molar-refractivity contribution < 1.29 is 0 Å². The molecule has 6 heteroatoms. The van der Waals surface area contributed by atoms with Gasteiger partial charge in [0.05, 0.1) is 5.69 Å². The highest BCUT2D eigenvalue weighted by Gasteiger charge is 2.06. The molecule has 0 fully saturated rings. The second-order valence-corrected chi connectivity index (χ2v) is 4.26. The van der Waals surface area contributed by atoms with Gasteiger partial charge >= 0.3 is 0 Å². The summed E-state index contributed by atoms with van der Waals surface area (Å²) in [6.07, 6.45) is 1.79. The van der Waals surface area contributed by atoms with Crippen LogP contribution in [0, 0.1) is 5.92 Å². The second kappa shape index (κ2) is 3.96. The average Bonchev–Trinajstić information content (AvgIpc) is 2.56. The van der Waals surface area contributed by atoms with Gasteiger partial charge < -0.3 is 5.73 Å². The van der Waals surface area contributed by atoms with Crippen LogP contribution in [0.5, 0.6) is 0 Å². The molecular formula is C10H15N5O. The van der Waals surface area contributed by atoms with Gasteiger partial charge in [0.25, 0.3) is 11.3 Å². The van der Waals surface area contributed by atoms with Crippen molar-refractivity contribution in [1.82, 2.24) is 19.6 Å². The molecule has 0 aromatic carbocycles. The molecule has 0 saturated heterocycles. The van der Waals surface area contributed by atoms with E-state index in [0.29, 0.717) is 11.7 Å². The van der Waals surface area contributed by atoms with Crippen LogP contribution in [-0.2, 0) is 6.42 Å². The lowest BCUT2D eigenvalue weighted by atomic mass is 10.1. The van der Waals surface area contributed by atoms with Crippen LogP contribution in [0.15, 0.2) is 10.9 Å². The maximum absolute atomic E-state index is 11.7. The Hall–Kier alpha value is -1.85. The van der Waals surface area contributed by atoms with E-state index in [1.165, 1.54) is 10.6 Å². The van der Waals surface area contributed by atoms with Gasteiger partial charge in [-0.05, 0) is 18.8 Å². The van der Waals surface area contributed by atoms with Crippen LogP contribution in [0.25, 0.3) is 5.78 Å². The van der Waals surface area contributed by atoms with Gasteiger partial charge in [-0.15, -0.1) is 0 Å². The highest BCUT2D eigenvalue weighted by Crippen LogP contribution is 2.06. The van der Waals surface area contributed by atoms with Crippen LogP contribution in [0.4, 0.5) is 5.95 Å². The lowest BCUT2D eigenvalue weighted by molar-refractivity contribution is 0.580. The van der Waals surface area contributed by atoms with E-state index in [9.17, 15) is 4.79 Å². The number of hydrogen-bond donors (Lipinski definition) is 2. The molecule has 2 rings (SSSR count). The Labute approximate surface area is 92.5 Å². The smallest absolute Gasteiger partial charge is 0.274 e. The third-order valence-corrected chi connectivity index (χ3v) is 2.38. The summed E-state index contributed by atoms with van der Waals surface area (Å²) in [4.78, 5) is 19.9. The Kier molecular flexibility index (Phi) is 2.64. The Morgan fingerprint density at radius 2 is 2.25 bits per heavy atom. The molecule has 0 aliphatic rings. The Morgan fingerprint density at radius 3 is 2.94 bits per heavy atom.